The first-order valence-corrected chi connectivity index (χ1v) is 11.5. The van der Waals surface area contributed by atoms with Crippen molar-refractivity contribution in [3.63, 3.8) is 0 Å². The minimum Gasteiger partial charge on any atom is -0.368 e. The minimum absolute atomic E-state index is 0.0203. The summed E-state index contributed by atoms with van der Waals surface area (Å²) in [5.41, 5.74) is 1.31. The van der Waals surface area contributed by atoms with Crippen LogP contribution >= 0.6 is 0 Å². The van der Waals surface area contributed by atoms with Crippen molar-refractivity contribution in [2.75, 3.05) is 18.1 Å². The fourth-order valence-corrected chi connectivity index (χ4v) is 5.47. The molecule has 2 amide bonds. The quantitative estimate of drug-likeness (QED) is 0.567. The normalized spacial score (nSPS) is 27.8. The van der Waals surface area contributed by atoms with Gasteiger partial charge in [-0.15, -0.1) is 0 Å². The molecule has 0 saturated carbocycles. The molecule has 0 aromatic carbocycles. The van der Waals surface area contributed by atoms with Crippen LogP contribution < -0.4 is 15.6 Å². The third kappa shape index (κ3) is 4.50. The topological polar surface area (TPSA) is 89.8 Å². The molecule has 31 heavy (non-hydrogen) atoms. The summed E-state index contributed by atoms with van der Waals surface area (Å²) < 4.78 is 1.91. The number of carbonyl (C=O) groups excluding carboxylic acids is 2. The molecule has 2 saturated heterocycles. The second-order valence-electron chi connectivity index (χ2n) is 9.33. The molecule has 4 heterocycles. The molecular weight excluding hydrogens is 394 g/mol. The molecule has 8 heteroatoms. The summed E-state index contributed by atoms with van der Waals surface area (Å²) in [6, 6.07) is 5.02. The van der Waals surface area contributed by atoms with Gasteiger partial charge in [0.15, 0.2) is 6.23 Å². The number of hydrogen-bond donors (Lipinski definition) is 3. The number of carbonyl (C=O) groups is 2. The van der Waals surface area contributed by atoms with E-state index in [0.717, 1.165) is 44.3 Å². The zero-order valence-electron chi connectivity index (χ0n) is 18.8. The van der Waals surface area contributed by atoms with E-state index in [1.165, 1.54) is 0 Å². The molecule has 4 rings (SSSR count). The predicted octanol–water partition coefficient (Wildman–Crippen LogP) is 1.19. The Kier molecular flexibility index (Phi) is 6.39. The maximum atomic E-state index is 13.1. The minimum atomic E-state index is -0.967. The Labute approximate surface area is 184 Å². The van der Waals surface area contributed by atoms with Gasteiger partial charge < -0.3 is 15.7 Å². The van der Waals surface area contributed by atoms with Crippen LogP contribution in [0.5, 0.6) is 0 Å². The van der Waals surface area contributed by atoms with Crippen molar-refractivity contribution < 1.29 is 14.7 Å². The van der Waals surface area contributed by atoms with Crippen LogP contribution in [0.25, 0.3) is 6.08 Å². The van der Waals surface area contributed by atoms with E-state index in [2.05, 4.69) is 15.5 Å². The summed E-state index contributed by atoms with van der Waals surface area (Å²) in [6.07, 6.45) is 7.90. The van der Waals surface area contributed by atoms with Crippen LogP contribution in [-0.4, -0.2) is 70.0 Å². The Morgan fingerprint density at radius 2 is 1.94 bits per heavy atom. The fraction of sp³-hybridized carbons (Fsp3) is 0.652. The molecule has 1 aromatic heterocycles. The number of amides is 2. The van der Waals surface area contributed by atoms with Crippen molar-refractivity contribution in [3.8, 4) is 0 Å². The highest BCUT2D eigenvalue weighted by Crippen LogP contribution is 2.36. The van der Waals surface area contributed by atoms with Crippen LogP contribution in [0.15, 0.2) is 23.9 Å². The Bertz CT molecular complexity index is 834. The summed E-state index contributed by atoms with van der Waals surface area (Å²) in [5, 5.41) is 18.8. The third-order valence-electron chi connectivity index (χ3n) is 6.82. The summed E-state index contributed by atoms with van der Waals surface area (Å²) >= 11 is 0. The highest BCUT2D eigenvalue weighted by molar-refractivity contribution is 5.99. The molecule has 0 radical (unpaired) electrons. The van der Waals surface area contributed by atoms with Crippen molar-refractivity contribution in [2.45, 2.75) is 83.3 Å². The van der Waals surface area contributed by atoms with E-state index < -0.39 is 6.23 Å². The van der Waals surface area contributed by atoms with E-state index in [4.69, 9.17) is 0 Å². The maximum Gasteiger partial charge on any atom is 0.252 e. The van der Waals surface area contributed by atoms with Crippen LogP contribution in [0.1, 0.15) is 58.6 Å². The molecule has 3 aliphatic rings. The van der Waals surface area contributed by atoms with Crippen LogP contribution in [0.2, 0.25) is 0 Å². The van der Waals surface area contributed by atoms with Gasteiger partial charge in [-0.05, 0) is 64.2 Å². The van der Waals surface area contributed by atoms with E-state index in [1.54, 1.807) is 13.0 Å². The number of aliphatic hydroxyl groups excluding tert-OH is 1. The molecule has 170 valence electrons. The van der Waals surface area contributed by atoms with Crippen molar-refractivity contribution >= 4 is 17.9 Å². The summed E-state index contributed by atoms with van der Waals surface area (Å²) in [5.74, 6) is -0.152. The number of aliphatic hydroxyl groups is 1. The molecule has 8 nitrogen and oxygen atoms in total. The van der Waals surface area contributed by atoms with Crippen LogP contribution in [0.4, 0.5) is 0 Å². The van der Waals surface area contributed by atoms with Gasteiger partial charge in [0, 0.05) is 50.4 Å². The van der Waals surface area contributed by atoms with E-state index in [-0.39, 0.29) is 23.9 Å². The Hall–Kier alpha value is -2.32. The number of nitrogens with one attached hydrogen (secondary N) is 2. The molecule has 0 spiro atoms. The summed E-state index contributed by atoms with van der Waals surface area (Å²) in [7, 11) is 0. The number of nitrogens with zero attached hydrogens (tertiary/aromatic N) is 3. The van der Waals surface area contributed by atoms with Gasteiger partial charge in [0.2, 0.25) is 5.91 Å². The van der Waals surface area contributed by atoms with Gasteiger partial charge in [-0.2, -0.15) is 0 Å². The highest BCUT2D eigenvalue weighted by Gasteiger charge is 2.41. The molecule has 3 atom stereocenters. The molecule has 3 aliphatic heterocycles. The lowest BCUT2D eigenvalue weighted by Gasteiger charge is -2.41. The van der Waals surface area contributed by atoms with Crippen molar-refractivity contribution in [3.05, 3.63) is 29.6 Å². The van der Waals surface area contributed by atoms with Crippen molar-refractivity contribution in [1.82, 2.24) is 20.2 Å². The van der Waals surface area contributed by atoms with E-state index in [9.17, 15) is 14.7 Å². The van der Waals surface area contributed by atoms with E-state index in [1.807, 2.05) is 41.9 Å². The Morgan fingerprint density at radius 1 is 1.23 bits per heavy atom. The SMILES string of the molecule is CC(=O)NCCCN1C2CCC1CC(NC(=O)C1=Cc3cccn3N(C(C)C)C1O)C2. The first kappa shape index (κ1) is 21.9. The molecule has 1 aromatic rings. The van der Waals surface area contributed by atoms with Gasteiger partial charge in [-0.3, -0.25) is 24.2 Å². The zero-order valence-corrected chi connectivity index (χ0v) is 18.8. The summed E-state index contributed by atoms with van der Waals surface area (Å²) in [6.45, 7) is 7.26. The fourth-order valence-electron chi connectivity index (χ4n) is 5.47. The van der Waals surface area contributed by atoms with Gasteiger partial charge in [0.25, 0.3) is 5.91 Å². The van der Waals surface area contributed by atoms with Crippen LogP contribution in [0.3, 0.4) is 0 Å². The maximum absolute atomic E-state index is 13.1. The first-order chi connectivity index (χ1) is 14.8. The van der Waals surface area contributed by atoms with Gasteiger partial charge in [0.05, 0.1) is 11.3 Å². The van der Waals surface area contributed by atoms with Gasteiger partial charge in [0.1, 0.15) is 0 Å². The Balaban J connectivity index is 1.37. The molecule has 0 aliphatic carbocycles. The zero-order chi connectivity index (χ0) is 22.1. The lowest BCUT2D eigenvalue weighted by molar-refractivity contribution is -0.120. The molecule has 2 fully saturated rings. The molecule has 3 unspecified atom stereocenters. The van der Waals surface area contributed by atoms with Gasteiger partial charge >= 0.3 is 0 Å². The van der Waals surface area contributed by atoms with Crippen molar-refractivity contribution in [2.24, 2.45) is 0 Å². The average molecular weight is 430 g/mol. The number of rotatable bonds is 7. The Morgan fingerprint density at radius 3 is 2.58 bits per heavy atom. The number of hydrogen-bond acceptors (Lipinski definition) is 5. The second-order valence-corrected chi connectivity index (χ2v) is 9.33. The largest absolute Gasteiger partial charge is 0.368 e. The van der Waals surface area contributed by atoms with E-state index >= 15 is 0 Å². The highest BCUT2D eigenvalue weighted by atomic mass is 16.3. The van der Waals surface area contributed by atoms with Crippen LogP contribution in [0, 0.1) is 0 Å². The smallest absolute Gasteiger partial charge is 0.252 e. The van der Waals surface area contributed by atoms with Gasteiger partial charge in [-0.1, -0.05) is 0 Å². The lowest BCUT2D eigenvalue weighted by atomic mass is 9.96. The molecule has 3 N–H and O–H groups in total. The predicted molar refractivity (Wildman–Crippen MR) is 120 cm³/mol. The lowest BCUT2D eigenvalue weighted by Crippen LogP contribution is -2.55. The first-order valence-electron chi connectivity index (χ1n) is 11.5. The van der Waals surface area contributed by atoms with E-state index in [0.29, 0.717) is 24.2 Å². The van der Waals surface area contributed by atoms with Gasteiger partial charge in [-0.25, -0.2) is 0 Å². The molecule has 2 bridgehead atoms. The average Bonchev–Trinajstić information content (AvgIpc) is 3.25. The third-order valence-corrected chi connectivity index (χ3v) is 6.82. The van der Waals surface area contributed by atoms with Crippen molar-refractivity contribution in [1.29, 1.82) is 0 Å². The molecular formula is C23H35N5O3. The van der Waals surface area contributed by atoms with Crippen LogP contribution in [-0.2, 0) is 9.59 Å². The number of piperidine rings is 1. The second kappa shape index (κ2) is 9.04. The monoisotopic (exact) mass is 429 g/mol. The number of fused-ring (bicyclic) bond motifs is 3. The number of aromatic nitrogens is 1. The standard InChI is InChI=1S/C23H35N5O3/c1-15(2)28-23(31)21(14-20-6-4-11-27(20)28)22(30)25-17-12-18-7-8-19(13-17)26(18)10-5-9-24-16(3)29/h4,6,11,14-15,17-19,23,31H,5,7-10,12-13H2,1-3H3,(H,24,29)(H,25,30). The summed E-state index contributed by atoms with van der Waals surface area (Å²) in [4.78, 5) is 26.8.